The molecule has 5 aromatic rings. The van der Waals surface area contributed by atoms with Gasteiger partial charge in [-0.05, 0) is 82.9 Å². The van der Waals surface area contributed by atoms with Crippen molar-refractivity contribution >= 4 is 28.3 Å². The molecular formula is C45H49NO5. The highest BCUT2D eigenvalue weighted by molar-refractivity contribution is 5.98. The fourth-order valence-corrected chi connectivity index (χ4v) is 6.13. The van der Waals surface area contributed by atoms with Gasteiger partial charge in [0.2, 0.25) is 0 Å². The fraction of sp³-hybridized carbons (Fsp3) is 0.333. The van der Waals surface area contributed by atoms with Gasteiger partial charge in [0.25, 0.3) is 0 Å². The van der Waals surface area contributed by atoms with Gasteiger partial charge in [-0.15, -0.1) is 0 Å². The summed E-state index contributed by atoms with van der Waals surface area (Å²) in [5.41, 5.74) is 3.35. The molecule has 0 spiro atoms. The summed E-state index contributed by atoms with van der Waals surface area (Å²) in [4.78, 5) is 42.8. The van der Waals surface area contributed by atoms with E-state index in [2.05, 4.69) is 24.0 Å². The summed E-state index contributed by atoms with van der Waals surface area (Å²) in [7, 11) is 0. The predicted octanol–water partition coefficient (Wildman–Crippen LogP) is 10.5. The number of nitrogens with zero attached hydrogens (tertiary/aromatic N) is 1. The summed E-state index contributed by atoms with van der Waals surface area (Å²) in [6.07, 6.45) is 15.2. The number of carbonyl (C=O) groups excluding carboxylic acids is 3. The third kappa shape index (κ3) is 12.3. The summed E-state index contributed by atoms with van der Waals surface area (Å²) >= 11 is 0. The molecule has 0 saturated carbocycles. The molecule has 0 radical (unpaired) electrons. The van der Waals surface area contributed by atoms with Crippen molar-refractivity contribution in [2.45, 2.75) is 90.4 Å². The van der Waals surface area contributed by atoms with Gasteiger partial charge in [-0.1, -0.05) is 113 Å². The molecular weight excluding hydrogens is 634 g/mol. The molecule has 0 bridgehead atoms. The van der Waals surface area contributed by atoms with Gasteiger partial charge < -0.3 is 9.47 Å². The monoisotopic (exact) mass is 683 g/mol. The molecule has 6 nitrogen and oxygen atoms in total. The zero-order valence-corrected chi connectivity index (χ0v) is 29.8. The van der Waals surface area contributed by atoms with Crippen LogP contribution in [-0.4, -0.2) is 29.1 Å². The summed E-state index contributed by atoms with van der Waals surface area (Å²) in [5, 5.41) is 2.27. The second kappa shape index (κ2) is 19.9. The number of esters is 1. The van der Waals surface area contributed by atoms with Crippen LogP contribution < -0.4 is 9.47 Å². The molecule has 264 valence electrons. The average Bonchev–Trinajstić information content (AvgIpc) is 3.15. The largest absolute Gasteiger partial charge is 0.494 e. The maximum atomic E-state index is 13.0. The van der Waals surface area contributed by atoms with E-state index in [1.165, 1.54) is 57.8 Å². The van der Waals surface area contributed by atoms with Crippen molar-refractivity contribution in [3.05, 3.63) is 137 Å². The van der Waals surface area contributed by atoms with E-state index in [0.29, 0.717) is 35.6 Å². The Bertz CT molecular complexity index is 1850. The van der Waals surface area contributed by atoms with Crippen LogP contribution in [0.2, 0.25) is 0 Å². The fourth-order valence-electron chi connectivity index (χ4n) is 6.13. The SMILES string of the molecule is CCCCCCCCCCCCOc1ccc(C(=O)Oc2ccc(C(=O)Cc3ccc(CC(=O)Cc4ccc5ccccc5c4)nc3)cc2)cc1. The van der Waals surface area contributed by atoms with Crippen molar-refractivity contribution < 1.29 is 23.9 Å². The first-order chi connectivity index (χ1) is 25.0. The van der Waals surface area contributed by atoms with E-state index in [1.807, 2.05) is 36.4 Å². The minimum absolute atomic E-state index is 0.0804. The molecule has 0 atom stereocenters. The zero-order chi connectivity index (χ0) is 35.7. The van der Waals surface area contributed by atoms with Crippen molar-refractivity contribution in [2.24, 2.45) is 0 Å². The number of aromatic nitrogens is 1. The maximum absolute atomic E-state index is 13.0. The van der Waals surface area contributed by atoms with E-state index in [0.717, 1.165) is 34.1 Å². The number of benzene rings is 4. The molecule has 0 amide bonds. The first-order valence-corrected chi connectivity index (χ1v) is 18.5. The van der Waals surface area contributed by atoms with E-state index in [1.54, 1.807) is 60.8 Å². The average molecular weight is 684 g/mol. The standard InChI is InChI=1S/C45H49NO5/c1-2-3-4-5-6-7-8-9-10-13-28-50-42-24-21-38(22-25-42)45(49)51-43-26-19-37(20-27-43)44(48)31-35-17-23-40(46-33-35)32-41(47)30-34-16-18-36-14-11-12-15-39(36)29-34/h11-12,14-27,29,33H,2-10,13,28,30-32H2,1H3. The molecule has 0 fully saturated rings. The van der Waals surface area contributed by atoms with Gasteiger partial charge in [0, 0.05) is 36.7 Å². The summed E-state index contributed by atoms with van der Waals surface area (Å²) in [6.45, 7) is 2.92. The number of ether oxygens (including phenoxy) is 2. The Morgan fingerprint density at radius 1 is 0.569 bits per heavy atom. The van der Waals surface area contributed by atoms with Crippen LogP contribution in [0.4, 0.5) is 0 Å². The minimum Gasteiger partial charge on any atom is -0.494 e. The number of carbonyl (C=O) groups is 3. The maximum Gasteiger partial charge on any atom is 0.343 e. The minimum atomic E-state index is -0.475. The van der Waals surface area contributed by atoms with Crippen LogP contribution >= 0.6 is 0 Å². The molecule has 0 aliphatic rings. The van der Waals surface area contributed by atoms with Crippen LogP contribution in [0.15, 0.2) is 109 Å². The summed E-state index contributed by atoms with van der Waals surface area (Å²) < 4.78 is 11.4. The Morgan fingerprint density at radius 3 is 1.88 bits per heavy atom. The van der Waals surface area contributed by atoms with E-state index in [9.17, 15) is 14.4 Å². The lowest BCUT2D eigenvalue weighted by atomic mass is 10.0. The van der Waals surface area contributed by atoms with Crippen molar-refractivity contribution in [3.8, 4) is 11.5 Å². The number of unbranched alkanes of at least 4 members (excludes halogenated alkanes) is 9. The third-order valence-electron chi connectivity index (χ3n) is 9.09. The van der Waals surface area contributed by atoms with E-state index >= 15 is 0 Å². The lowest BCUT2D eigenvalue weighted by Crippen LogP contribution is -2.09. The molecule has 6 heteroatoms. The normalized spacial score (nSPS) is 11.0. The number of ketones is 2. The quantitative estimate of drug-likeness (QED) is 0.0331. The second-order valence-electron chi connectivity index (χ2n) is 13.3. The van der Waals surface area contributed by atoms with Crippen LogP contribution in [0.1, 0.15) is 109 Å². The van der Waals surface area contributed by atoms with Crippen LogP contribution in [0.5, 0.6) is 11.5 Å². The smallest absolute Gasteiger partial charge is 0.343 e. The Hall–Kier alpha value is -5.10. The van der Waals surface area contributed by atoms with Crippen molar-refractivity contribution in [1.82, 2.24) is 4.98 Å². The van der Waals surface area contributed by atoms with E-state index < -0.39 is 5.97 Å². The molecule has 1 heterocycles. The number of fused-ring (bicyclic) bond motifs is 1. The van der Waals surface area contributed by atoms with Crippen LogP contribution in [0.3, 0.4) is 0 Å². The van der Waals surface area contributed by atoms with Gasteiger partial charge in [0.15, 0.2) is 5.78 Å². The second-order valence-corrected chi connectivity index (χ2v) is 13.3. The molecule has 51 heavy (non-hydrogen) atoms. The van der Waals surface area contributed by atoms with Crippen LogP contribution in [-0.2, 0) is 24.1 Å². The first kappa shape index (κ1) is 37.2. The Kier molecular flexibility index (Phi) is 14.5. The zero-order valence-electron chi connectivity index (χ0n) is 29.8. The van der Waals surface area contributed by atoms with Gasteiger partial charge in [-0.25, -0.2) is 4.79 Å². The van der Waals surface area contributed by atoms with E-state index in [-0.39, 0.29) is 24.4 Å². The summed E-state index contributed by atoms with van der Waals surface area (Å²) in [5.74, 6) is 0.626. The highest BCUT2D eigenvalue weighted by atomic mass is 16.5. The van der Waals surface area contributed by atoms with Crippen LogP contribution in [0.25, 0.3) is 10.8 Å². The van der Waals surface area contributed by atoms with Gasteiger partial charge >= 0.3 is 5.97 Å². The molecule has 1 aromatic heterocycles. The Labute approximate surface area is 302 Å². The molecule has 0 unspecified atom stereocenters. The summed E-state index contributed by atoms with van der Waals surface area (Å²) in [6, 6.07) is 31.4. The number of hydrogen-bond acceptors (Lipinski definition) is 6. The predicted molar refractivity (Wildman–Crippen MR) is 204 cm³/mol. The van der Waals surface area contributed by atoms with Gasteiger partial charge in [0.1, 0.15) is 17.3 Å². The van der Waals surface area contributed by atoms with Gasteiger partial charge in [0.05, 0.1) is 12.2 Å². The molecule has 0 N–H and O–H groups in total. The third-order valence-corrected chi connectivity index (χ3v) is 9.09. The van der Waals surface area contributed by atoms with Gasteiger partial charge in [-0.2, -0.15) is 0 Å². The molecule has 0 aliphatic carbocycles. The topological polar surface area (TPSA) is 82.6 Å². The lowest BCUT2D eigenvalue weighted by Gasteiger charge is -2.08. The molecule has 5 rings (SSSR count). The highest BCUT2D eigenvalue weighted by Gasteiger charge is 2.13. The highest BCUT2D eigenvalue weighted by Crippen LogP contribution is 2.20. The Balaban J connectivity index is 0.995. The van der Waals surface area contributed by atoms with Crippen LogP contribution in [0, 0.1) is 0 Å². The van der Waals surface area contributed by atoms with Gasteiger partial charge in [-0.3, -0.25) is 14.6 Å². The first-order valence-electron chi connectivity index (χ1n) is 18.5. The van der Waals surface area contributed by atoms with Crippen molar-refractivity contribution in [1.29, 1.82) is 0 Å². The Morgan fingerprint density at radius 2 is 1.20 bits per heavy atom. The van der Waals surface area contributed by atoms with E-state index in [4.69, 9.17) is 9.47 Å². The molecule has 0 saturated heterocycles. The van der Waals surface area contributed by atoms with Crippen molar-refractivity contribution in [2.75, 3.05) is 6.61 Å². The van der Waals surface area contributed by atoms with Crippen molar-refractivity contribution in [3.63, 3.8) is 0 Å². The number of hydrogen-bond donors (Lipinski definition) is 0. The number of Topliss-reactive ketones (excluding diaryl/α,β-unsaturated/α-hetero) is 2. The number of rotatable bonds is 21. The lowest BCUT2D eigenvalue weighted by molar-refractivity contribution is -0.117. The molecule has 4 aromatic carbocycles. The molecule has 0 aliphatic heterocycles. The number of pyridine rings is 1.